The number of carbonyl (C=O) groups is 1. The van der Waals surface area contributed by atoms with Crippen LogP contribution in [0, 0.1) is 0 Å². The molecule has 1 fully saturated rings. The van der Waals surface area contributed by atoms with Crippen LogP contribution >= 0.6 is 0 Å². The zero-order chi connectivity index (χ0) is 17.2. The molecular weight excluding hydrogens is 304 g/mol. The number of ether oxygens (including phenoxy) is 1. The standard InChI is InChI=1S/C18H28N4O2/c1-19-17(23)15-6-3-5-14(13-15)8-10-21-18(20-2)22-11-9-16-7-4-12-24-16/h3,5-6,13,16H,4,7-12H2,1-2H3,(H,19,23)(H2,20,21,22). The van der Waals surface area contributed by atoms with E-state index in [0.29, 0.717) is 11.7 Å². The van der Waals surface area contributed by atoms with E-state index in [1.807, 2.05) is 24.3 Å². The summed E-state index contributed by atoms with van der Waals surface area (Å²) in [5.41, 5.74) is 1.81. The third-order valence-corrected chi connectivity index (χ3v) is 4.13. The van der Waals surface area contributed by atoms with Gasteiger partial charge in [-0.25, -0.2) is 0 Å². The van der Waals surface area contributed by atoms with Crippen molar-refractivity contribution in [3.05, 3.63) is 35.4 Å². The van der Waals surface area contributed by atoms with Gasteiger partial charge in [-0.3, -0.25) is 9.79 Å². The lowest BCUT2D eigenvalue weighted by atomic mass is 10.1. The molecule has 24 heavy (non-hydrogen) atoms. The van der Waals surface area contributed by atoms with E-state index in [-0.39, 0.29) is 5.91 Å². The summed E-state index contributed by atoms with van der Waals surface area (Å²) >= 11 is 0. The summed E-state index contributed by atoms with van der Waals surface area (Å²) in [6.45, 7) is 2.51. The maximum Gasteiger partial charge on any atom is 0.251 e. The minimum Gasteiger partial charge on any atom is -0.378 e. The van der Waals surface area contributed by atoms with Crippen molar-refractivity contribution in [2.75, 3.05) is 33.8 Å². The largest absolute Gasteiger partial charge is 0.378 e. The van der Waals surface area contributed by atoms with Crippen LogP contribution in [0.5, 0.6) is 0 Å². The van der Waals surface area contributed by atoms with Crippen LogP contribution in [0.4, 0.5) is 0 Å². The van der Waals surface area contributed by atoms with Gasteiger partial charge in [-0.15, -0.1) is 0 Å². The maximum atomic E-state index is 11.7. The first-order chi connectivity index (χ1) is 11.7. The molecule has 1 aromatic carbocycles. The predicted octanol–water partition coefficient (Wildman–Crippen LogP) is 1.32. The summed E-state index contributed by atoms with van der Waals surface area (Å²) in [5.74, 6) is 0.742. The van der Waals surface area contributed by atoms with Crippen LogP contribution in [0.25, 0.3) is 0 Å². The van der Waals surface area contributed by atoms with Crippen molar-refractivity contribution in [1.29, 1.82) is 0 Å². The molecule has 132 valence electrons. The molecule has 0 spiro atoms. The fourth-order valence-corrected chi connectivity index (χ4v) is 2.78. The summed E-state index contributed by atoms with van der Waals surface area (Å²) in [5, 5.41) is 9.26. The SMILES string of the molecule is CN=C(NCCc1cccc(C(=O)NC)c1)NCCC1CCCO1. The monoisotopic (exact) mass is 332 g/mol. The van der Waals surface area contributed by atoms with Crippen LogP contribution in [-0.2, 0) is 11.2 Å². The van der Waals surface area contributed by atoms with Gasteiger partial charge in [0.2, 0.25) is 0 Å². The summed E-state index contributed by atoms with van der Waals surface area (Å²) in [7, 11) is 3.41. The van der Waals surface area contributed by atoms with Gasteiger partial charge in [0.25, 0.3) is 5.91 Å². The molecule has 1 aliphatic heterocycles. The maximum absolute atomic E-state index is 11.7. The van der Waals surface area contributed by atoms with Gasteiger partial charge in [0.05, 0.1) is 6.10 Å². The van der Waals surface area contributed by atoms with Gasteiger partial charge in [-0.1, -0.05) is 12.1 Å². The van der Waals surface area contributed by atoms with E-state index in [0.717, 1.165) is 50.5 Å². The lowest BCUT2D eigenvalue weighted by molar-refractivity contribution is 0.0963. The van der Waals surface area contributed by atoms with E-state index in [1.165, 1.54) is 6.42 Å². The number of nitrogens with zero attached hydrogens (tertiary/aromatic N) is 1. The van der Waals surface area contributed by atoms with E-state index in [2.05, 4.69) is 20.9 Å². The van der Waals surface area contributed by atoms with Gasteiger partial charge < -0.3 is 20.7 Å². The average molecular weight is 332 g/mol. The number of hydrogen-bond acceptors (Lipinski definition) is 3. The number of amides is 1. The van der Waals surface area contributed by atoms with Gasteiger partial charge in [0, 0.05) is 39.4 Å². The van der Waals surface area contributed by atoms with Gasteiger partial charge in [0.15, 0.2) is 5.96 Å². The van der Waals surface area contributed by atoms with Crippen molar-refractivity contribution in [3.63, 3.8) is 0 Å². The Balaban J connectivity index is 1.70. The molecule has 1 saturated heterocycles. The van der Waals surface area contributed by atoms with Crippen molar-refractivity contribution >= 4 is 11.9 Å². The third kappa shape index (κ3) is 5.85. The fourth-order valence-electron chi connectivity index (χ4n) is 2.78. The molecule has 3 N–H and O–H groups in total. The number of rotatable bonds is 7. The molecular formula is C18H28N4O2. The molecule has 0 saturated carbocycles. The first-order valence-electron chi connectivity index (χ1n) is 8.60. The van der Waals surface area contributed by atoms with Crippen molar-refractivity contribution in [2.24, 2.45) is 4.99 Å². The lowest BCUT2D eigenvalue weighted by Gasteiger charge is -2.14. The summed E-state index contributed by atoms with van der Waals surface area (Å²) in [6, 6.07) is 7.69. The van der Waals surface area contributed by atoms with Crippen LogP contribution in [-0.4, -0.2) is 51.8 Å². The highest BCUT2D eigenvalue weighted by atomic mass is 16.5. The molecule has 1 atom stereocenters. The molecule has 1 aromatic rings. The molecule has 1 amide bonds. The first kappa shape index (κ1) is 18.3. The Morgan fingerprint density at radius 3 is 2.88 bits per heavy atom. The zero-order valence-electron chi connectivity index (χ0n) is 14.6. The van der Waals surface area contributed by atoms with Crippen molar-refractivity contribution in [2.45, 2.75) is 31.8 Å². The fraction of sp³-hybridized carbons (Fsp3) is 0.556. The molecule has 2 rings (SSSR count). The average Bonchev–Trinajstić information content (AvgIpc) is 3.13. The summed E-state index contributed by atoms with van der Waals surface area (Å²) in [4.78, 5) is 15.9. The normalized spacial score (nSPS) is 17.6. The molecule has 0 aromatic heterocycles. The first-order valence-corrected chi connectivity index (χ1v) is 8.60. The highest BCUT2D eigenvalue weighted by molar-refractivity contribution is 5.94. The van der Waals surface area contributed by atoms with E-state index in [1.54, 1.807) is 14.1 Å². The zero-order valence-corrected chi connectivity index (χ0v) is 14.6. The Labute approximate surface area is 144 Å². The number of aliphatic imine (C=N–C) groups is 1. The highest BCUT2D eigenvalue weighted by Gasteiger charge is 2.14. The topological polar surface area (TPSA) is 74.8 Å². The Bertz CT molecular complexity index is 554. The lowest BCUT2D eigenvalue weighted by Crippen LogP contribution is -2.39. The van der Waals surface area contributed by atoms with Crippen molar-refractivity contribution in [1.82, 2.24) is 16.0 Å². The van der Waals surface area contributed by atoms with Gasteiger partial charge in [-0.05, 0) is 43.4 Å². The van der Waals surface area contributed by atoms with Crippen LogP contribution in [0.1, 0.15) is 35.2 Å². The minimum atomic E-state index is -0.0589. The number of benzene rings is 1. The third-order valence-electron chi connectivity index (χ3n) is 4.13. The molecule has 1 unspecified atom stereocenters. The second-order valence-electron chi connectivity index (χ2n) is 5.88. The number of guanidine groups is 1. The Morgan fingerprint density at radius 2 is 2.17 bits per heavy atom. The molecule has 1 heterocycles. The number of carbonyl (C=O) groups excluding carboxylic acids is 1. The van der Waals surface area contributed by atoms with Gasteiger partial charge in [0.1, 0.15) is 0 Å². The highest BCUT2D eigenvalue weighted by Crippen LogP contribution is 2.14. The van der Waals surface area contributed by atoms with E-state index in [4.69, 9.17) is 4.74 Å². The van der Waals surface area contributed by atoms with Crippen molar-refractivity contribution < 1.29 is 9.53 Å². The van der Waals surface area contributed by atoms with Crippen molar-refractivity contribution in [3.8, 4) is 0 Å². The second-order valence-corrected chi connectivity index (χ2v) is 5.88. The van der Waals surface area contributed by atoms with E-state index in [9.17, 15) is 4.79 Å². The van der Waals surface area contributed by atoms with E-state index < -0.39 is 0 Å². The predicted molar refractivity (Wildman–Crippen MR) is 96.5 cm³/mol. The number of nitrogens with one attached hydrogen (secondary N) is 3. The molecule has 0 radical (unpaired) electrons. The minimum absolute atomic E-state index is 0.0589. The summed E-state index contributed by atoms with van der Waals surface area (Å²) < 4.78 is 5.61. The Morgan fingerprint density at radius 1 is 1.33 bits per heavy atom. The Kier molecular flexibility index (Phi) is 7.55. The van der Waals surface area contributed by atoms with Gasteiger partial charge in [-0.2, -0.15) is 0 Å². The van der Waals surface area contributed by atoms with E-state index >= 15 is 0 Å². The van der Waals surface area contributed by atoms with Crippen LogP contribution in [0.3, 0.4) is 0 Å². The molecule has 0 aliphatic carbocycles. The van der Waals surface area contributed by atoms with Crippen LogP contribution in [0.15, 0.2) is 29.3 Å². The number of hydrogen-bond donors (Lipinski definition) is 3. The van der Waals surface area contributed by atoms with Crippen LogP contribution < -0.4 is 16.0 Å². The molecule has 1 aliphatic rings. The summed E-state index contributed by atoms with van der Waals surface area (Å²) in [6.07, 6.45) is 4.57. The smallest absolute Gasteiger partial charge is 0.251 e. The molecule has 6 heteroatoms. The Hall–Kier alpha value is -2.08. The van der Waals surface area contributed by atoms with Crippen LogP contribution in [0.2, 0.25) is 0 Å². The van der Waals surface area contributed by atoms with Gasteiger partial charge >= 0.3 is 0 Å². The molecule has 0 bridgehead atoms. The quantitative estimate of drug-likeness (QED) is 0.520. The molecule has 6 nitrogen and oxygen atoms in total. The second kappa shape index (κ2) is 9.93.